The van der Waals surface area contributed by atoms with Gasteiger partial charge in [0.1, 0.15) is 13.2 Å². The third-order valence-corrected chi connectivity index (χ3v) is 13.4. The van der Waals surface area contributed by atoms with E-state index in [1.54, 1.807) is 6.08 Å². The molecule has 3 atom stereocenters. The average molecular weight is 1100 g/mol. The van der Waals surface area contributed by atoms with Crippen LogP contribution in [-0.4, -0.2) is 73.4 Å². The average Bonchev–Trinajstić information content (AvgIpc) is 3.41. The molecule has 0 rings (SSSR count). The number of quaternary nitrogens is 1. The summed E-state index contributed by atoms with van der Waals surface area (Å²) < 4.78 is 23.6. The molecule has 440 valence electrons. The predicted octanol–water partition coefficient (Wildman–Crippen LogP) is 19.2. The molecule has 9 heteroatoms. The molecular formula is C69H114N2O6P+. The Labute approximate surface area is 479 Å². The van der Waals surface area contributed by atoms with Gasteiger partial charge in [-0.2, -0.15) is 0 Å². The number of phosphoric ester groups is 1. The maximum Gasteiger partial charge on any atom is 0.472 e. The van der Waals surface area contributed by atoms with Crippen LogP contribution in [-0.2, 0) is 18.4 Å². The molecule has 0 radical (unpaired) electrons. The lowest BCUT2D eigenvalue weighted by Crippen LogP contribution is -2.45. The molecule has 0 aromatic heterocycles. The lowest BCUT2D eigenvalue weighted by atomic mass is 10.1. The molecule has 8 nitrogen and oxygen atoms in total. The van der Waals surface area contributed by atoms with Gasteiger partial charge in [-0.1, -0.05) is 242 Å². The van der Waals surface area contributed by atoms with Crippen molar-refractivity contribution in [1.29, 1.82) is 0 Å². The summed E-state index contributed by atoms with van der Waals surface area (Å²) in [6.45, 7) is 4.62. The zero-order valence-electron chi connectivity index (χ0n) is 50.1. The minimum atomic E-state index is -4.37. The van der Waals surface area contributed by atoms with Crippen LogP contribution in [0.5, 0.6) is 0 Å². The van der Waals surface area contributed by atoms with E-state index in [4.69, 9.17) is 9.05 Å². The monoisotopic (exact) mass is 1100 g/mol. The van der Waals surface area contributed by atoms with Crippen molar-refractivity contribution in [3.63, 3.8) is 0 Å². The van der Waals surface area contributed by atoms with E-state index in [0.29, 0.717) is 17.4 Å². The first kappa shape index (κ1) is 73.9. The fourth-order valence-electron chi connectivity index (χ4n) is 7.66. The zero-order chi connectivity index (χ0) is 57.0. The summed E-state index contributed by atoms with van der Waals surface area (Å²) >= 11 is 0. The molecule has 0 aliphatic carbocycles. The van der Waals surface area contributed by atoms with E-state index in [1.165, 1.54) is 51.4 Å². The fourth-order valence-corrected chi connectivity index (χ4v) is 8.40. The van der Waals surface area contributed by atoms with Crippen molar-refractivity contribution >= 4 is 13.7 Å². The number of allylic oxidation sites excluding steroid dienone is 27. The number of hydrogen-bond acceptors (Lipinski definition) is 5. The van der Waals surface area contributed by atoms with Crippen molar-refractivity contribution in [2.45, 2.75) is 219 Å². The van der Waals surface area contributed by atoms with Crippen molar-refractivity contribution < 1.29 is 32.9 Å². The van der Waals surface area contributed by atoms with Crippen LogP contribution >= 0.6 is 7.82 Å². The summed E-state index contributed by atoms with van der Waals surface area (Å²) in [5, 5.41) is 13.9. The van der Waals surface area contributed by atoms with E-state index < -0.39 is 20.0 Å². The van der Waals surface area contributed by atoms with E-state index in [2.05, 4.69) is 177 Å². The molecule has 78 heavy (non-hydrogen) atoms. The molecule has 0 bridgehead atoms. The lowest BCUT2D eigenvalue weighted by molar-refractivity contribution is -0.870. The molecule has 0 aliphatic rings. The Morgan fingerprint density at radius 2 is 0.782 bits per heavy atom. The van der Waals surface area contributed by atoms with Gasteiger partial charge in [0, 0.05) is 6.42 Å². The van der Waals surface area contributed by atoms with E-state index >= 15 is 0 Å². The highest BCUT2D eigenvalue weighted by Gasteiger charge is 2.27. The van der Waals surface area contributed by atoms with Gasteiger partial charge in [-0.15, -0.1) is 0 Å². The highest BCUT2D eigenvalue weighted by Crippen LogP contribution is 2.43. The second-order valence-corrected chi connectivity index (χ2v) is 22.4. The van der Waals surface area contributed by atoms with Crippen LogP contribution in [0.25, 0.3) is 0 Å². The first-order chi connectivity index (χ1) is 38.0. The molecule has 0 saturated heterocycles. The number of carbonyl (C=O) groups excluding carboxylic acids is 1. The smallest absolute Gasteiger partial charge is 0.387 e. The summed E-state index contributed by atoms with van der Waals surface area (Å²) in [6.07, 6.45) is 91.8. The molecule has 0 aliphatic heterocycles. The van der Waals surface area contributed by atoms with Crippen LogP contribution in [0, 0.1) is 0 Å². The summed E-state index contributed by atoms with van der Waals surface area (Å²) in [4.78, 5) is 23.3. The largest absolute Gasteiger partial charge is 0.472 e. The lowest BCUT2D eigenvalue weighted by Gasteiger charge is -2.25. The van der Waals surface area contributed by atoms with E-state index in [9.17, 15) is 19.4 Å². The Morgan fingerprint density at radius 3 is 1.18 bits per heavy atom. The highest BCUT2D eigenvalue weighted by molar-refractivity contribution is 7.47. The second-order valence-electron chi connectivity index (χ2n) is 21.0. The van der Waals surface area contributed by atoms with E-state index in [0.717, 1.165) is 135 Å². The van der Waals surface area contributed by atoms with Crippen molar-refractivity contribution in [3.8, 4) is 0 Å². The number of nitrogens with one attached hydrogen (secondary N) is 1. The Kier molecular flexibility index (Phi) is 54.5. The van der Waals surface area contributed by atoms with Crippen LogP contribution in [0.2, 0.25) is 0 Å². The third kappa shape index (κ3) is 59.5. The number of rotatable bonds is 53. The van der Waals surface area contributed by atoms with Crippen LogP contribution in [0.3, 0.4) is 0 Å². The predicted molar refractivity (Wildman–Crippen MR) is 340 cm³/mol. The number of phosphoric acid groups is 1. The maximum absolute atomic E-state index is 13.0. The first-order valence-electron chi connectivity index (χ1n) is 30.5. The van der Waals surface area contributed by atoms with Gasteiger partial charge in [0.25, 0.3) is 0 Å². The fraction of sp³-hybridized carbons (Fsp3) is 0.580. The van der Waals surface area contributed by atoms with Crippen molar-refractivity contribution in [2.75, 3.05) is 40.9 Å². The molecule has 0 aromatic carbocycles. The molecule has 0 saturated carbocycles. The molecule has 3 N–H and O–H groups in total. The minimum absolute atomic E-state index is 0.0421. The van der Waals surface area contributed by atoms with Crippen molar-refractivity contribution in [3.05, 3.63) is 170 Å². The van der Waals surface area contributed by atoms with E-state index in [1.807, 2.05) is 27.2 Å². The summed E-state index contributed by atoms with van der Waals surface area (Å²) in [5.41, 5.74) is 0. The van der Waals surface area contributed by atoms with Crippen LogP contribution in [0.4, 0.5) is 0 Å². The van der Waals surface area contributed by atoms with Gasteiger partial charge in [0.05, 0.1) is 39.9 Å². The van der Waals surface area contributed by atoms with Gasteiger partial charge >= 0.3 is 7.82 Å². The normalized spacial score (nSPS) is 15.0. The maximum atomic E-state index is 13.0. The Balaban J connectivity index is 4.19. The van der Waals surface area contributed by atoms with Crippen LogP contribution in [0.1, 0.15) is 206 Å². The number of unbranched alkanes of at least 4 members (excludes halogenated alkanes) is 14. The molecule has 1 amide bonds. The van der Waals surface area contributed by atoms with Crippen molar-refractivity contribution in [2.24, 2.45) is 0 Å². The second kappa shape index (κ2) is 57.5. The SMILES string of the molecule is CC/C=C\C/C=C\C/C=C\C/C=C\C/C=C\C/C=C\C/C=C\C/C=C\C/C=C\C/C=C\C/C=C\CCCCCCCCCC(=O)NC(COP(=O)(O)OCC[N+](C)(C)C)C(O)/C=C/CC/C=C/CC/C=C/CCCCCCC. The number of aliphatic hydroxyl groups is 1. The van der Waals surface area contributed by atoms with Gasteiger partial charge in [-0.05, 0) is 128 Å². The molecule has 0 heterocycles. The summed E-state index contributed by atoms with van der Waals surface area (Å²) in [7, 11) is 1.51. The molecule has 3 unspecified atom stereocenters. The number of aliphatic hydroxyl groups excluding tert-OH is 1. The molecule has 0 fully saturated rings. The van der Waals surface area contributed by atoms with Crippen LogP contribution < -0.4 is 5.32 Å². The number of amides is 1. The number of nitrogens with zero attached hydrogens (tertiary/aromatic N) is 1. The van der Waals surface area contributed by atoms with Gasteiger partial charge in [-0.25, -0.2) is 4.57 Å². The highest BCUT2D eigenvalue weighted by atomic mass is 31.2. The van der Waals surface area contributed by atoms with E-state index in [-0.39, 0.29) is 19.1 Å². The summed E-state index contributed by atoms with van der Waals surface area (Å²) in [5.74, 6) is -0.211. The zero-order valence-corrected chi connectivity index (χ0v) is 51.0. The number of hydrogen-bond donors (Lipinski definition) is 3. The summed E-state index contributed by atoms with van der Waals surface area (Å²) in [6, 6.07) is -0.888. The third-order valence-electron chi connectivity index (χ3n) is 12.4. The quantitative estimate of drug-likeness (QED) is 0.0243. The van der Waals surface area contributed by atoms with Crippen LogP contribution in [0.15, 0.2) is 170 Å². The molecule has 0 spiro atoms. The standard InChI is InChI=1S/C69H113N2O6P/c1-6-8-10-12-14-16-18-20-22-23-24-25-26-27-28-29-30-31-32-33-34-35-36-37-38-39-40-41-42-43-44-45-46-47-49-51-53-55-57-59-61-63-69(73)70-67(66-77-78(74,75)76-65-64-71(3,4)5)68(72)62-60-58-56-54-52-50-48-21-19-17-15-13-11-9-7-2/h8,10,14,16,19-22,24-25,27-28,30-31,33-34,36-37,39-40,42-43,45-46,52,54,60,62,67-68,72H,6-7,9,11-13,15,17-18,23,26,29,32,35,38,41,44,47-51,53,55-59,61,63-66H2,1-5H3,(H-,70,73,74,75)/p+1/b10-8-,16-14-,21-19+,22-20-,25-24-,28-27-,31-30-,34-33-,37-36-,40-39-,43-42-,46-45-,54-52+,62-60+. The van der Waals surface area contributed by atoms with Gasteiger partial charge in [-0.3, -0.25) is 13.8 Å². The Bertz CT molecular complexity index is 1870. The topological polar surface area (TPSA) is 105 Å². The Hall–Kier alpha value is -4.14. The number of likely N-dealkylation sites (N-methyl/N-ethyl adjacent to an activating group) is 1. The molecular weight excluding hydrogens is 984 g/mol. The Morgan fingerprint density at radius 1 is 0.449 bits per heavy atom. The minimum Gasteiger partial charge on any atom is -0.387 e. The van der Waals surface area contributed by atoms with Crippen molar-refractivity contribution in [1.82, 2.24) is 5.32 Å². The number of carbonyl (C=O) groups is 1. The van der Waals surface area contributed by atoms with Gasteiger partial charge < -0.3 is 19.8 Å². The molecule has 0 aromatic rings. The van der Waals surface area contributed by atoms with Gasteiger partial charge in [0.2, 0.25) is 5.91 Å². The van der Waals surface area contributed by atoms with Gasteiger partial charge in [0.15, 0.2) is 0 Å². The first-order valence-corrected chi connectivity index (χ1v) is 32.0.